The molecule has 1 rings (SSSR count). The van der Waals surface area contributed by atoms with Gasteiger partial charge in [-0.05, 0) is 35.0 Å². The molecule has 0 unspecified atom stereocenters. The summed E-state index contributed by atoms with van der Waals surface area (Å²) in [6.07, 6.45) is -18.9. The van der Waals surface area contributed by atoms with E-state index in [9.17, 15) is 53.5 Å². The number of alkyl halides is 10. The van der Waals surface area contributed by atoms with Gasteiger partial charge in [-0.25, -0.2) is 9.18 Å². The van der Waals surface area contributed by atoms with Crippen molar-refractivity contribution >= 4 is 33.5 Å². The second-order valence-electron chi connectivity index (χ2n) is 5.33. The first kappa shape index (κ1) is 25.8. The summed E-state index contributed by atoms with van der Waals surface area (Å²) in [7, 11) is 0. The molecule has 170 valence electrons. The monoisotopic (exact) mass is 522 g/mol. The SMILES string of the molecule is CCOC(=O)C(=O)NNc1c(Br)cc(C(F)(C(F)(F)F)C(F)(F)F)cc1C(F)(F)F. The quantitative estimate of drug-likeness (QED) is 0.259. The maximum atomic E-state index is 14.1. The lowest BCUT2D eigenvalue weighted by Crippen LogP contribution is -2.50. The van der Waals surface area contributed by atoms with Gasteiger partial charge < -0.3 is 4.74 Å². The predicted molar refractivity (Wildman–Crippen MR) is 82.4 cm³/mol. The molecule has 0 bridgehead atoms. The highest BCUT2D eigenvalue weighted by atomic mass is 79.9. The summed E-state index contributed by atoms with van der Waals surface area (Å²) in [4.78, 5) is 22.5. The second kappa shape index (κ2) is 8.47. The van der Waals surface area contributed by atoms with Crippen molar-refractivity contribution in [3.05, 3.63) is 27.7 Å². The van der Waals surface area contributed by atoms with Crippen molar-refractivity contribution in [2.45, 2.75) is 31.1 Å². The number of carbonyl (C=O) groups is 2. The van der Waals surface area contributed by atoms with E-state index in [0.717, 1.165) is 0 Å². The molecule has 0 saturated carbocycles. The summed E-state index contributed by atoms with van der Waals surface area (Å²) in [5.74, 6) is -3.19. The van der Waals surface area contributed by atoms with Crippen molar-refractivity contribution in [1.29, 1.82) is 0 Å². The van der Waals surface area contributed by atoms with Gasteiger partial charge in [-0.3, -0.25) is 15.6 Å². The van der Waals surface area contributed by atoms with Gasteiger partial charge in [-0.1, -0.05) is 0 Å². The molecule has 0 radical (unpaired) electrons. The van der Waals surface area contributed by atoms with E-state index >= 15 is 0 Å². The van der Waals surface area contributed by atoms with Crippen LogP contribution in [0.5, 0.6) is 0 Å². The molecule has 2 N–H and O–H groups in total. The molecule has 0 aliphatic rings. The van der Waals surface area contributed by atoms with Gasteiger partial charge in [0.1, 0.15) is 0 Å². The molecule has 1 aromatic carbocycles. The highest BCUT2D eigenvalue weighted by Gasteiger charge is 2.73. The molecule has 0 heterocycles. The Morgan fingerprint density at radius 1 is 0.967 bits per heavy atom. The molecular weight excluding hydrogens is 514 g/mol. The molecule has 0 atom stereocenters. The Morgan fingerprint density at radius 3 is 1.87 bits per heavy atom. The third-order valence-corrected chi connectivity index (χ3v) is 3.96. The predicted octanol–water partition coefficient (Wildman–Crippen LogP) is 4.76. The summed E-state index contributed by atoms with van der Waals surface area (Å²) in [6, 6.07) is -0.917. The number of nitrogens with one attached hydrogen (secondary N) is 2. The summed E-state index contributed by atoms with van der Waals surface area (Å²) >= 11 is 2.30. The number of carbonyl (C=O) groups excluding carboxylic acids is 2. The number of hydrazine groups is 1. The van der Waals surface area contributed by atoms with Crippen LogP contribution in [0.2, 0.25) is 0 Å². The molecule has 0 aliphatic heterocycles. The largest absolute Gasteiger partial charge is 0.459 e. The Hall–Kier alpha value is -2.26. The summed E-state index contributed by atoms with van der Waals surface area (Å²) in [5.41, 5.74) is -9.09. The van der Waals surface area contributed by atoms with Crippen molar-refractivity contribution < 1.29 is 58.2 Å². The average Bonchev–Trinajstić information content (AvgIpc) is 2.56. The highest BCUT2D eigenvalue weighted by Crippen LogP contribution is 2.55. The van der Waals surface area contributed by atoms with Crippen LogP contribution in [0.4, 0.5) is 49.6 Å². The molecule has 0 aliphatic carbocycles. The topological polar surface area (TPSA) is 67.4 Å². The zero-order chi connectivity index (χ0) is 23.7. The lowest BCUT2D eigenvalue weighted by Gasteiger charge is -2.31. The van der Waals surface area contributed by atoms with Crippen LogP contribution in [-0.2, 0) is 26.2 Å². The van der Waals surface area contributed by atoms with Crippen molar-refractivity contribution in [2.24, 2.45) is 0 Å². The van der Waals surface area contributed by atoms with Crippen molar-refractivity contribution in [1.82, 2.24) is 5.43 Å². The lowest BCUT2D eigenvalue weighted by atomic mass is 9.92. The minimum Gasteiger partial charge on any atom is -0.459 e. The first-order chi connectivity index (χ1) is 13.4. The van der Waals surface area contributed by atoms with Crippen LogP contribution >= 0.6 is 15.9 Å². The Kier molecular flexibility index (Phi) is 7.28. The van der Waals surface area contributed by atoms with E-state index in [1.54, 1.807) is 0 Å². The molecule has 0 spiro atoms. The number of rotatable bonds is 4. The van der Waals surface area contributed by atoms with Crippen LogP contribution in [0.25, 0.3) is 0 Å². The lowest BCUT2D eigenvalue weighted by molar-refractivity contribution is -0.348. The van der Waals surface area contributed by atoms with Gasteiger partial charge in [0.15, 0.2) is 0 Å². The molecule has 0 saturated heterocycles. The molecule has 0 fully saturated rings. The Balaban J connectivity index is 3.57. The van der Waals surface area contributed by atoms with Gasteiger partial charge in [0, 0.05) is 10.0 Å². The average molecular weight is 523 g/mol. The van der Waals surface area contributed by atoms with Crippen LogP contribution in [-0.4, -0.2) is 30.8 Å². The van der Waals surface area contributed by atoms with Gasteiger partial charge in [-0.15, -0.1) is 0 Å². The summed E-state index contributed by atoms with van der Waals surface area (Å²) in [6.45, 7) is 1.01. The molecule has 30 heavy (non-hydrogen) atoms. The third kappa shape index (κ3) is 5.07. The van der Waals surface area contributed by atoms with Crippen molar-refractivity contribution in [3.63, 3.8) is 0 Å². The number of hydrogen-bond donors (Lipinski definition) is 2. The van der Waals surface area contributed by atoms with Gasteiger partial charge >= 0.3 is 36.1 Å². The van der Waals surface area contributed by atoms with Crippen molar-refractivity contribution in [3.8, 4) is 0 Å². The van der Waals surface area contributed by atoms with Gasteiger partial charge in [0.05, 0.1) is 17.9 Å². The van der Waals surface area contributed by atoms with Crippen LogP contribution in [0.15, 0.2) is 16.6 Å². The standard InChI is InChI=1S/C14H9BrF10N2O3/c1-2-30-10(29)9(28)27-26-8-6(12(17,18)19)3-5(4-7(8)15)11(16,13(20,21)22)14(23,24)25/h3-4,26H,2H2,1H3,(H,27,28). The van der Waals surface area contributed by atoms with Gasteiger partial charge in [0.2, 0.25) is 0 Å². The van der Waals surface area contributed by atoms with E-state index in [1.165, 1.54) is 17.8 Å². The molecular formula is C14H9BrF10N2O3. The Labute approximate surface area is 168 Å². The van der Waals surface area contributed by atoms with E-state index in [2.05, 4.69) is 20.7 Å². The molecule has 1 aromatic rings. The maximum Gasteiger partial charge on any atom is 0.435 e. The third-order valence-electron chi connectivity index (χ3n) is 3.34. The number of anilines is 1. The van der Waals surface area contributed by atoms with E-state index < -0.39 is 63.4 Å². The smallest absolute Gasteiger partial charge is 0.435 e. The van der Waals surface area contributed by atoms with Crippen LogP contribution in [0.3, 0.4) is 0 Å². The maximum absolute atomic E-state index is 14.1. The molecule has 1 amide bonds. The number of amides is 1. The van der Waals surface area contributed by atoms with Crippen LogP contribution in [0, 0.1) is 0 Å². The second-order valence-corrected chi connectivity index (χ2v) is 6.19. The first-order valence-electron chi connectivity index (χ1n) is 7.34. The Bertz CT molecular complexity index is 806. The molecule has 0 aromatic heterocycles. The number of ether oxygens (including phenoxy) is 1. The minimum absolute atomic E-state index is 0.199. The highest BCUT2D eigenvalue weighted by molar-refractivity contribution is 9.10. The number of halogens is 11. The van der Waals surface area contributed by atoms with E-state index in [4.69, 9.17) is 0 Å². The van der Waals surface area contributed by atoms with Crippen LogP contribution in [0.1, 0.15) is 18.1 Å². The zero-order valence-corrected chi connectivity index (χ0v) is 15.8. The van der Waals surface area contributed by atoms with Crippen molar-refractivity contribution in [2.75, 3.05) is 12.0 Å². The molecule has 5 nitrogen and oxygen atoms in total. The minimum atomic E-state index is -6.65. The normalized spacial score (nSPS) is 13.1. The first-order valence-corrected chi connectivity index (χ1v) is 8.13. The zero-order valence-electron chi connectivity index (χ0n) is 14.2. The van der Waals surface area contributed by atoms with E-state index in [-0.39, 0.29) is 12.7 Å². The summed E-state index contributed by atoms with van der Waals surface area (Å²) < 4.78 is 134. The fourth-order valence-corrected chi connectivity index (χ4v) is 2.57. The fraction of sp³-hybridized carbons (Fsp3) is 0.429. The fourth-order valence-electron chi connectivity index (χ4n) is 2.01. The summed E-state index contributed by atoms with van der Waals surface area (Å²) in [5, 5.41) is 0. The number of hydrogen-bond acceptors (Lipinski definition) is 4. The Morgan fingerprint density at radius 2 is 1.47 bits per heavy atom. The van der Waals surface area contributed by atoms with Crippen LogP contribution < -0.4 is 10.9 Å². The number of benzene rings is 1. The van der Waals surface area contributed by atoms with Gasteiger partial charge in [-0.2, -0.15) is 39.5 Å². The van der Waals surface area contributed by atoms with E-state index in [0.29, 0.717) is 0 Å². The van der Waals surface area contributed by atoms with Gasteiger partial charge in [0.25, 0.3) is 0 Å². The van der Waals surface area contributed by atoms with E-state index in [1.807, 2.05) is 0 Å². The number of esters is 1. The molecule has 16 heteroatoms.